The number of rotatable bonds is 1. The summed E-state index contributed by atoms with van der Waals surface area (Å²) in [5.41, 5.74) is 0. The topological polar surface area (TPSA) is 12.0 Å². The average molecular weight is 88.9 g/mol. The zero-order chi connectivity index (χ0) is 4.28. The zero-order valence-electron chi connectivity index (χ0n) is 3.95. The van der Waals surface area contributed by atoms with Gasteiger partial charge in [0.2, 0.25) is 0 Å². The van der Waals surface area contributed by atoms with E-state index >= 15 is 0 Å². The third-order valence-electron chi connectivity index (χ3n) is 0.447. The van der Waals surface area contributed by atoms with E-state index in [2.05, 4.69) is 18.3 Å². The van der Waals surface area contributed by atoms with Gasteiger partial charge in [-0.3, -0.25) is 0 Å². The van der Waals surface area contributed by atoms with Crippen molar-refractivity contribution in [3.63, 3.8) is 0 Å². The van der Waals surface area contributed by atoms with E-state index in [4.69, 9.17) is 0 Å². The summed E-state index contributed by atoms with van der Waals surface area (Å²) in [4.78, 5) is 3.09. The molecule has 0 aliphatic rings. The maximum atomic E-state index is 3.09. The molecule has 1 nitrogen and oxygen atoms in total. The van der Waals surface area contributed by atoms with E-state index in [9.17, 15) is 0 Å². The first-order valence-electron chi connectivity index (χ1n) is 1.62. The van der Waals surface area contributed by atoms with Gasteiger partial charge >= 0.3 is 0 Å². The lowest BCUT2D eigenvalue weighted by molar-refractivity contribution is 1.64. The molecule has 0 aromatic rings. The van der Waals surface area contributed by atoms with Gasteiger partial charge in [0.25, 0.3) is 0 Å². The molecule has 1 N–H and O–H groups in total. The molecule has 0 amide bonds. The average Bonchev–Trinajstić information content (AvgIpc) is 1.38. The van der Waals surface area contributed by atoms with E-state index in [1.54, 1.807) is 0 Å². The van der Waals surface area contributed by atoms with Crippen molar-refractivity contribution in [3.8, 4) is 0 Å². The third kappa shape index (κ3) is 4.45. The Balaban J connectivity index is 2.54. The van der Waals surface area contributed by atoms with Crippen LogP contribution in [0, 0.1) is 0 Å². The summed E-state index contributed by atoms with van der Waals surface area (Å²) in [5, 5.41) is 0. The first-order chi connectivity index (χ1) is 2.27. The second-order valence-electron chi connectivity index (χ2n) is 1.12. The fourth-order valence-corrected chi connectivity index (χ4v) is 0. The molecule has 0 atom stereocenters. The molecule has 0 spiro atoms. The summed E-state index contributed by atoms with van der Waals surface area (Å²) in [6.45, 7) is 4.35. The summed E-state index contributed by atoms with van der Waals surface area (Å²) in [6, 6.07) is 0. The van der Waals surface area contributed by atoms with Gasteiger partial charge in [-0.25, -0.2) is 0 Å². The van der Waals surface area contributed by atoms with Crippen molar-refractivity contribution in [2.75, 3.05) is 13.3 Å². The molecule has 0 unspecified atom stereocenters. The summed E-state index contributed by atoms with van der Waals surface area (Å²) in [7, 11) is 2.13. The Bertz CT molecular complexity index is 23.6. The van der Waals surface area contributed by atoms with E-state index < -0.39 is 0 Å². The van der Waals surface area contributed by atoms with Crippen LogP contribution < -0.4 is 5.00 Å². The standard InChI is InChI=1S/C2H9BNP/c1-5(2)4-3/h4H,3H2,1-2H3. The maximum absolute atomic E-state index is 3.09. The second kappa shape index (κ2) is 2.68. The molecule has 0 aliphatic heterocycles. The highest BCUT2D eigenvalue weighted by Crippen LogP contribution is 2.13. The van der Waals surface area contributed by atoms with Gasteiger partial charge in [0, 0.05) is 0 Å². The highest BCUT2D eigenvalue weighted by Gasteiger charge is 1.75. The molecule has 0 saturated carbocycles. The van der Waals surface area contributed by atoms with Crippen LogP contribution >= 0.6 is 8.07 Å². The van der Waals surface area contributed by atoms with E-state index in [1.165, 1.54) is 0 Å². The van der Waals surface area contributed by atoms with E-state index in [0.717, 1.165) is 0 Å². The predicted molar refractivity (Wildman–Crippen MR) is 30.4 cm³/mol. The molecule has 30 valence electrons. The van der Waals surface area contributed by atoms with Crippen molar-refractivity contribution in [1.29, 1.82) is 0 Å². The monoisotopic (exact) mass is 89.1 g/mol. The molecule has 0 heterocycles. The molecule has 5 heavy (non-hydrogen) atoms. The molecular formula is C2H9BNP. The summed E-state index contributed by atoms with van der Waals surface area (Å²) >= 11 is 0. The van der Waals surface area contributed by atoms with Crippen LogP contribution in [0.1, 0.15) is 0 Å². The van der Waals surface area contributed by atoms with Gasteiger partial charge < -0.3 is 5.00 Å². The van der Waals surface area contributed by atoms with E-state index in [-0.39, 0.29) is 8.07 Å². The minimum atomic E-state index is 0.152. The molecule has 0 fully saturated rings. The van der Waals surface area contributed by atoms with Gasteiger partial charge in [0.05, 0.1) is 0 Å². The fourth-order valence-electron chi connectivity index (χ4n) is 0. The summed E-state index contributed by atoms with van der Waals surface area (Å²) in [5.74, 6) is 0. The van der Waals surface area contributed by atoms with Crippen molar-refractivity contribution >= 4 is 16.1 Å². The Morgan fingerprint density at radius 2 is 1.80 bits per heavy atom. The van der Waals surface area contributed by atoms with Gasteiger partial charge in [-0.2, -0.15) is 0 Å². The Kier molecular flexibility index (Phi) is 2.92. The minimum absolute atomic E-state index is 0.152. The Morgan fingerprint density at radius 1 is 1.60 bits per heavy atom. The van der Waals surface area contributed by atoms with Crippen LogP contribution in [0.15, 0.2) is 0 Å². The van der Waals surface area contributed by atoms with Crippen molar-refractivity contribution in [2.45, 2.75) is 0 Å². The number of hydrogen-bond donors (Lipinski definition) is 1. The van der Waals surface area contributed by atoms with Crippen LogP contribution in [-0.4, -0.2) is 21.3 Å². The summed E-state index contributed by atoms with van der Waals surface area (Å²) < 4.78 is 0. The van der Waals surface area contributed by atoms with Crippen LogP contribution in [0.5, 0.6) is 0 Å². The molecule has 0 saturated heterocycles. The maximum Gasteiger partial charge on any atom is 0.186 e. The normalized spacial score (nSPS) is 9.40. The van der Waals surface area contributed by atoms with Crippen LogP contribution in [-0.2, 0) is 0 Å². The lowest BCUT2D eigenvalue weighted by Gasteiger charge is -1.96. The van der Waals surface area contributed by atoms with Crippen molar-refractivity contribution in [1.82, 2.24) is 5.00 Å². The number of nitrogens with one attached hydrogen (secondary N) is 1. The molecule has 0 rings (SSSR count). The molecule has 3 heteroatoms. The Labute approximate surface area is 35.4 Å². The highest BCUT2D eigenvalue weighted by molar-refractivity contribution is 7.55. The highest BCUT2D eigenvalue weighted by atomic mass is 31.1. The van der Waals surface area contributed by atoms with Crippen molar-refractivity contribution < 1.29 is 0 Å². The smallest absolute Gasteiger partial charge is 0.186 e. The van der Waals surface area contributed by atoms with Crippen LogP contribution in [0.4, 0.5) is 0 Å². The molecular weight excluding hydrogens is 79.8 g/mol. The first-order valence-corrected chi connectivity index (χ1v) is 3.85. The van der Waals surface area contributed by atoms with Crippen LogP contribution in [0.2, 0.25) is 0 Å². The largest absolute Gasteiger partial charge is 0.342 e. The van der Waals surface area contributed by atoms with Gasteiger partial charge in [-0.05, 0) is 13.3 Å². The zero-order valence-corrected chi connectivity index (χ0v) is 4.84. The SMILES string of the molecule is BNP(C)C. The molecule has 0 radical (unpaired) electrons. The van der Waals surface area contributed by atoms with E-state index in [1.807, 2.05) is 7.98 Å². The van der Waals surface area contributed by atoms with Crippen molar-refractivity contribution in [3.05, 3.63) is 0 Å². The molecule has 0 aromatic carbocycles. The first kappa shape index (κ1) is 5.45. The fraction of sp³-hybridized carbons (Fsp3) is 1.00. The molecule has 0 aliphatic carbocycles. The van der Waals surface area contributed by atoms with Gasteiger partial charge in [-0.15, -0.1) is 0 Å². The number of hydrogen-bond acceptors (Lipinski definition) is 1. The summed E-state index contributed by atoms with van der Waals surface area (Å²) in [6.07, 6.45) is 0. The second-order valence-corrected chi connectivity index (χ2v) is 3.35. The van der Waals surface area contributed by atoms with Gasteiger partial charge in [0.1, 0.15) is 0 Å². The minimum Gasteiger partial charge on any atom is -0.342 e. The Morgan fingerprint density at radius 3 is 1.80 bits per heavy atom. The Hall–Kier alpha value is 0.455. The molecule has 0 bridgehead atoms. The van der Waals surface area contributed by atoms with Crippen LogP contribution in [0.3, 0.4) is 0 Å². The van der Waals surface area contributed by atoms with Gasteiger partial charge in [0.15, 0.2) is 7.98 Å². The van der Waals surface area contributed by atoms with E-state index in [0.29, 0.717) is 0 Å². The van der Waals surface area contributed by atoms with Crippen molar-refractivity contribution in [2.24, 2.45) is 0 Å². The quantitative estimate of drug-likeness (QED) is 0.346. The van der Waals surface area contributed by atoms with Gasteiger partial charge in [-0.1, -0.05) is 8.07 Å². The van der Waals surface area contributed by atoms with Crippen LogP contribution in [0.25, 0.3) is 0 Å². The lowest BCUT2D eigenvalue weighted by Crippen LogP contribution is -1.95. The predicted octanol–water partition coefficient (Wildman–Crippen LogP) is -0.219. The third-order valence-corrected chi connectivity index (χ3v) is 1.34. The molecule has 0 aromatic heterocycles. The lowest BCUT2D eigenvalue weighted by atomic mass is 10.5.